The van der Waals surface area contributed by atoms with Gasteiger partial charge in [-0.2, -0.15) is 0 Å². The van der Waals surface area contributed by atoms with E-state index in [1.54, 1.807) is 0 Å². The van der Waals surface area contributed by atoms with Crippen molar-refractivity contribution in [2.24, 2.45) is 11.8 Å². The van der Waals surface area contributed by atoms with Crippen molar-refractivity contribution >= 4 is 11.8 Å². The molecule has 1 heterocycles. The van der Waals surface area contributed by atoms with Crippen LogP contribution in [-0.2, 0) is 14.3 Å². The van der Waals surface area contributed by atoms with Crippen LogP contribution in [0.25, 0.3) is 0 Å². The predicted octanol–water partition coefficient (Wildman–Crippen LogP) is 0.695. The summed E-state index contributed by atoms with van der Waals surface area (Å²) in [6, 6.07) is 0. The molecule has 0 bridgehead atoms. The van der Waals surface area contributed by atoms with Gasteiger partial charge in [-0.15, -0.1) is 0 Å². The molecular formula is C9H10O3. The van der Waals surface area contributed by atoms with Crippen molar-refractivity contribution in [1.29, 1.82) is 0 Å². The molecule has 0 aromatic heterocycles. The van der Waals surface area contributed by atoms with Gasteiger partial charge in [0.2, 0.25) is 0 Å². The van der Waals surface area contributed by atoms with Gasteiger partial charge < -0.3 is 4.74 Å². The Morgan fingerprint density at radius 3 is 2.83 bits per heavy atom. The molecule has 1 aliphatic carbocycles. The van der Waals surface area contributed by atoms with E-state index in [2.05, 4.69) is 6.58 Å². The molecule has 0 N–H and O–H groups in total. The molecule has 2 rings (SSSR count). The molecule has 2 fully saturated rings. The fraction of sp³-hybridized carbons (Fsp3) is 0.556. The molecule has 3 nitrogen and oxygen atoms in total. The van der Waals surface area contributed by atoms with Crippen LogP contribution in [0.5, 0.6) is 0 Å². The predicted molar refractivity (Wildman–Crippen MR) is 41.3 cm³/mol. The van der Waals surface area contributed by atoms with Crippen LogP contribution in [0.3, 0.4) is 0 Å². The van der Waals surface area contributed by atoms with Gasteiger partial charge in [-0.25, -0.2) is 0 Å². The van der Waals surface area contributed by atoms with E-state index >= 15 is 0 Å². The Kier molecular flexibility index (Phi) is 1.53. The van der Waals surface area contributed by atoms with Crippen LogP contribution >= 0.6 is 0 Å². The number of ketones is 1. The Hall–Kier alpha value is -1.12. The number of rotatable bonds is 0. The minimum absolute atomic E-state index is 0.100. The molecule has 64 valence electrons. The number of esters is 1. The highest BCUT2D eigenvalue weighted by Crippen LogP contribution is 2.38. The second-order valence-corrected chi connectivity index (χ2v) is 3.41. The van der Waals surface area contributed by atoms with Crippen molar-refractivity contribution in [1.82, 2.24) is 0 Å². The summed E-state index contributed by atoms with van der Waals surface area (Å²) in [5.41, 5.74) is 0.646. The lowest BCUT2D eigenvalue weighted by atomic mass is 9.90. The van der Waals surface area contributed by atoms with Gasteiger partial charge in [-0.1, -0.05) is 6.58 Å². The Balaban J connectivity index is 2.19. The van der Waals surface area contributed by atoms with E-state index in [0.717, 1.165) is 0 Å². The average molecular weight is 166 g/mol. The van der Waals surface area contributed by atoms with Crippen molar-refractivity contribution in [3.05, 3.63) is 12.2 Å². The molecule has 1 saturated heterocycles. The fourth-order valence-corrected chi connectivity index (χ4v) is 1.91. The third kappa shape index (κ3) is 0.967. The number of fused-ring (bicyclic) bond motifs is 1. The van der Waals surface area contributed by atoms with E-state index in [1.807, 2.05) is 0 Å². The lowest BCUT2D eigenvalue weighted by Gasteiger charge is -2.23. The maximum Gasteiger partial charge on any atom is 0.306 e. The lowest BCUT2D eigenvalue weighted by Crippen LogP contribution is -2.27. The fourth-order valence-electron chi connectivity index (χ4n) is 1.91. The zero-order chi connectivity index (χ0) is 8.72. The topological polar surface area (TPSA) is 43.4 Å². The van der Waals surface area contributed by atoms with Gasteiger partial charge in [-0.3, -0.25) is 9.59 Å². The molecule has 0 aromatic rings. The summed E-state index contributed by atoms with van der Waals surface area (Å²) in [5.74, 6) is 0.198. The van der Waals surface area contributed by atoms with Crippen LogP contribution in [-0.4, -0.2) is 18.4 Å². The highest BCUT2D eigenvalue weighted by molar-refractivity contribution is 5.98. The molecular weight excluding hydrogens is 156 g/mol. The highest BCUT2D eigenvalue weighted by atomic mass is 16.5. The Labute approximate surface area is 70.4 Å². The van der Waals surface area contributed by atoms with Crippen molar-refractivity contribution in [3.63, 3.8) is 0 Å². The molecule has 2 aliphatic rings. The van der Waals surface area contributed by atoms with Gasteiger partial charge in [-0.05, 0) is 11.5 Å². The van der Waals surface area contributed by atoms with Crippen molar-refractivity contribution in [2.45, 2.75) is 12.8 Å². The smallest absolute Gasteiger partial charge is 0.306 e. The summed E-state index contributed by atoms with van der Waals surface area (Å²) in [4.78, 5) is 22.0. The minimum atomic E-state index is -0.182. The second-order valence-electron chi connectivity index (χ2n) is 3.41. The van der Waals surface area contributed by atoms with E-state index < -0.39 is 0 Å². The number of carbonyl (C=O) groups is 2. The largest absolute Gasteiger partial charge is 0.465 e. The standard InChI is InChI=1S/C9H10O3/c1-5-7-4-12-9(11)3-6(7)2-8(5)10/h6-7H,1-4H2/t6-,7-/m1/s1. The third-order valence-corrected chi connectivity index (χ3v) is 2.68. The molecule has 1 saturated carbocycles. The number of hydrogen-bond donors (Lipinski definition) is 0. The first kappa shape index (κ1) is 7.53. The lowest BCUT2D eigenvalue weighted by molar-refractivity contribution is -0.151. The van der Waals surface area contributed by atoms with Crippen LogP contribution < -0.4 is 0 Å². The van der Waals surface area contributed by atoms with Gasteiger partial charge in [0.1, 0.15) is 0 Å². The maximum atomic E-state index is 11.2. The number of cyclic esters (lactones) is 1. The Morgan fingerprint density at radius 1 is 1.33 bits per heavy atom. The van der Waals surface area contributed by atoms with Gasteiger partial charge in [0, 0.05) is 18.8 Å². The molecule has 0 unspecified atom stereocenters. The maximum absolute atomic E-state index is 11.2. The molecule has 0 radical (unpaired) electrons. The molecule has 12 heavy (non-hydrogen) atoms. The van der Waals surface area contributed by atoms with Crippen LogP contribution in [0, 0.1) is 11.8 Å². The van der Waals surface area contributed by atoms with Crippen molar-refractivity contribution in [2.75, 3.05) is 6.61 Å². The molecule has 0 amide bonds. The van der Waals surface area contributed by atoms with E-state index in [1.165, 1.54) is 0 Å². The molecule has 0 aromatic carbocycles. The van der Waals surface area contributed by atoms with E-state index in [0.29, 0.717) is 25.0 Å². The number of carbonyl (C=O) groups excluding carboxylic acids is 2. The summed E-state index contributed by atoms with van der Waals surface area (Å²) in [7, 11) is 0. The molecule has 2 atom stereocenters. The van der Waals surface area contributed by atoms with Crippen LogP contribution in [0.15, 0.2) is 12.2 Å². The number of Topliss-reactive ketones (excluding diaryl/α,β-unsaturated/α-hetero) is 1. The zero-order valence-corrected chi connectivity index (χ0v) is 6.71. The van der Waals surface area contributed by atoms with Gasteiger partial charge in [0.05, 0.1) is 6.61 Å². The summed E-state index contributed by atoms with van der Waals surface area (Å²) in [5, 5.41) is 0. The first-order valence-electron chi connectivity index (χ1n) is 4.06. The molecule has 0 spiro atoms. The summed E-state index contributed by atoms with van der Waals surface area (Å²) in [6.07, 6.45) is 0.869. The van der Waals surface area contributed by atoms with Crippen molar-refractivity contribution < 1.29 is 14.3 Å². The number of ether oxygens (including phenoxy) is 1. The van der Waals surface area contributed by atoms with Crippen LogP contribution in [0.2, 0.25) is 0 Å². The third-order valence-electron chi connectivity index (χ3n) is 2.68. The first-order chi connectivity index (χ1) is 5.68. The molecule has 1 aliphatic heterocycles. The van der Waals surface area contributed by atoms with Gasteiger partial charge >= 0.3 is 5.97 Å². The normalized spacial score (nSPS) is 34.8. The highest BCUT2D eigenvalue weighted by Gasteiger charge is 2.41. The molecule has 3 heteroatoms. The van der Waals surface area contributed by atoms with E-state index in [4.69, 9.17) is 4.74 Å². The van der Waals surface area contributed by atoms with E-state index in [9.17, 15) is 9.59 Å². The van der Waals surface area contributed by atoms with Crippen LogP contribution in [0.4, 0.5) is 0 Å². The zero-order valence-electron chi connectivity index (χ0n) is 6.71. The monoisotopic (exact) mass is 166 g/mol. The Bertz CT molecular complexity index is 267. The summed E-state index contributed by atoms with van der Waals surface area (Å²) >= 11 is 0. The van der Waals surface area contributed by atoms with Crippen LogP contribution in [0.1, 0.15) is 12.8 Å². The summed E-state index contributed by atoms with van der Waals surface area (Å²) < 4.78 is 4.86. The quantitative estimate of drug-likeness (QED) is 0.393. The SMILES string of the molecule is C=C1C(=O)C[C@@H]2CC(=O)OC[C@H]12. The van der Waals surface area contributed by atoms with E-state index in [-0.39, 0.29) is 23.6 Å². The number of hydrogen-bond acceptors (Lipinski definition) is 3. The average Bonchev–Trinajstić information content (AvgIpc) is 2.28. The van der Waals surface area contributed by atoms with Crippen molar-refractivity contribution in [3.8, 4) is 0 Å². The van der Waals surface area contributed by atoms with Gasteiger partial charge in [0.25, 0.3) is 0 Å². The minimum Gasteiger partial charge on any atom is -0.465 e. The first-order valence-corrected chi connectivity index (χ1v) is 4.06. The van der Waals surface area contributed by atoms with Gasteiger partial charge in [0.15, 0.2) is 5.78 Å². The summed E-state index contributed by atoms with van der Waals surface area (Å²) in [6.45, 7) is 4.06. The second kappa shape index (κ2) is 2.44. The Morgan fingerprint density at radius 2 is 2.08 bits per heavy atom.